The van der Waals surface area contributed by atoms with Gasteiger partial charge in [0, 0.05) is 17.5 Å². The van der Waals surface area contributed by atoms with E-state index in [4.69, 9.17) is 21.4 Å². The summed E-state index contributed by atoms with van der Waals surface area (Å²) in [5.41, 5.74) is 0.667. The third-order valence-electron chi connectivity index (χ3n) is 5.63. The molecule has 0 radical (unpaired) electrons. The summed E-state index contributed by atoms with van der Waals surface area (Å²) in [6.07, 6.45) is 5.69. The number of alkyl carbamates (subject to hydrolysis) is 1. The number of hydrogen-bond donors (Lipinski definition) is 2. The van der Waals surface area contributed by atoms with E-state index in [0.717, 1.165) is 43.6 Å². The minimum absolute atomic E-state index is 0.0696. The van der Waals surface area contributed by atoms with Gasteiger partial charge in [-0.3, -0.25) is 0 Å². The van der Waals surface area contributed by atoms with Gasteiger partial charge in [-0.2, -0.15) is 15.2 Å². The maximum absolute atomic E-state index is 12.1. The number of rotatable bonds is 5. The minimum atomic E-state index is -0.309. The molecule has 0 spiro atoms. The van der Waals surface area contributed by atoms with Gasteiger partial charge in [-0.1, -0.05) is 0 Å². The topological polar surface area (TPSA) is 107 Å². The van der Waals surface area contributed by atoms with E-state index in [1.807, 2.05) is 17.7 Å². The van der Waals surface area contributed by atoms with E-state index in [1.54, 1.807) is 0 Å². The van der Waals surface area contributed by atoms with Crippen molar-refractivity contribution in [1.29, 1.82) is 0 Å². The molecule has 2 aliphatic rings. The molecule has 2 atom stereocenters. The first-order valence-electron chi connectivity index (χ1n) is 10.3. The molecule has 4 rings (SSSR count). The molecule has 0 aromatic carbocycles. The summed E-state index contributed by atoms with van der Waals surface area (Å²) in [7, 11) is 0. The molecule has 0 unspecified atom stereocenters. The molecule has 0 saturated heterocycles. The zero-order valence-corrected chi connectivity index (χ0v) is 18.5. The first kappa shape index (κ1) is 20.8. The first-order chi connectivity index (χ1) is 14.1. The van der Waals surface area contributed by atoms with Crippen LogP contribution in [0.25, 0.3) is 0 Å². The van der Waals surface area contributed by atoms with Gasteiger partial charge >= 0.3 is 6.09 Å². The van der Waals surface area contributed by atoms with E-state index in [-0.39, 0.29) is 34.5 Å². The van der Waals surface area contributed by atoms with Crippen molar-refractivity contribution in [2.24, 2.45) is 0 Å². The van der Waals surface area contributed by atoms with Gasteiger partial charge in [-0.25, -0.2) is 9.48 Å². The highest BCUT2D eigenvalue weighted by molar-refractivity contribution is 6.28. The maximum atomic E-state index is 12.1. The number of anilines is 2. The summed E-state index contributed by atoms with van der Waals surface area (Å²) >= 11 is 5.86. The van der Waals surface area contributed by atoms with Crippen LogP contribution in [-0.2, 0) is 10.3 Å². The number of halogens is 1. The molecule has 2 saturated carbocycles. The van der Waals surface area contributed by atoms with Crippen LogP contribution in [0.3, 0.4) is 0 Å². The van der Waals surface area contributed by atoms with Gasteiger partial charge in [-0.05, 0) is 71.4 Å². The number of aromatic nitrogens is 5. The second-order valence-corrected chi connectivity index (χ2v) is 9.83. The van der Waals surface area contributed by atoms with Crippen LogP contribution in [0.15, 0.2) is 12.3 Å². The van der Waals surface area contributed by atoms with Crippen molar-refractivity contribution in [3.63, 3.8) is 0 Å². The summed E-state index contributed by atoms with van der Waals surface area (Å²) in [4.78, 5) is 16.3. The van der Waals surface area contributed by atoms with Crippen LogP contribution < -0.4 is 10.6 Å². The molecular formula is C20H28ClN7O2. The Balaban J connectivity index is 1.46. The molecule has 0 aliphatic heterocycles. The third kappa shape index (κ3) is 4.83. The smallest absolute Gasteiger partial charge is 0.407 e. The van der Waals surface area contributed by atoms with Gasteiger partial charge in [0.25, 0.3) is 0 Å². The maximum Gasteiger partial charge on any atom is 0.407 e. The van der Waals surface area contributed by atoms with Crippen molar-refractivity contribution < 1.29 is 9.53 Å². The van der Waals surface area contributed by atoms with E-state index in [2.05, 4.69) is 46.6 Å². The van der Waals surface area contributed by atoms with Crippen LogP contribution in [0.2, 0.25) is 5.28 Å². The quantitative estimate of drug-likeness (QED) is 0.729. The zero-order chi connectivity index (χ0) is 21.5. The Morgan fingerprint density at radius 2 is 2.10 bits per heavy atom. The molecular weight excluding hydrogens is 406 g/mol. The average molecular weight is 434 g/mol. The lowest BCUT2D eigenvalue weighted by molar-refractivity contribution is 0.0967. The van der Waals surface area contributed by atoms with Crippen molar-refractivity contribution in [3.8, 4) is 0 Å². The molecule has 10 heteroatoms. The molecule has 2 fully saturated rings. The molecule has 162 valence electrons. The van der Waals surface area contributed by atoms with Crippen LogP contribution in [0.4, 0.5) is 16.4 Å². The highest BCUT2D eigenvalue weighted by atomic mass is 35.5. The number of nitrogens with zero attached hydrogens (tertiary/aromatic N) is 5. The fraction of sp³-hybridized carbons (Fsp3) is 0.650. The van der Waals surface area contributed by atoms with Gasteiger partial charge in [0.15, 0.2) is 5.82 Å². The number of nitrogens with one attached hydrogen (secondary N) is 2. The predicted octanol–water partition coefficient (Wildman–Crippen LogP) is 4.13. The molecule has 2 aliphatic carbocycles. The lowest BCUT2D eigenvalue weighted by atomic mass is 10.0. The van der Waals surface area contributed by atoms with Crippen molar-refractivity contribution in [2.75, 3.05) is 5.32 Å². The highest BCUT2D eigenvalue weighted by Gasteiger charge is 2.40. The molecule has 2 heterocycles. The average Bonchev–Trinajstić information content (AvgIpc) is 3.05. The Morgan fingerprint density at radius 1 is 1.33 bits per heavy atom. The van der Waals surface area contributed by atoms with Crippen LogP contribution >= 0.6 is 11.6 Å². The first-order valence-corrected chi connectivity index (χ1v) is 10.7. The van der Waals surface area contributed by atoms with Crippen molar-refractivity contribution in [2.45, 2.75) is 82.9 Å². The van der Waals surface area contributed by atoms with Crippen molar-refractivity contribution in [1.82, 2.24) is 30.3 Å². The minimum Gasteiger partial charge on any atom is -0.446 e. The fourth-order valence-corrected chi connectivity index (χ4v) is 3.86. The summed E-state index contributed by atoms with van der Waals surface area (Å²) < 4.78 is 7.59. The number of carbonyl (C=O) groups is 1. The van der Waals surface area contributed by atoms with E-state index in [9.17, 15) is 4.79 Å². The number of hydrogen-bond acceptors (Lipinski definition) is 7. The van der Waals surface area contributed by atoms with Crippen LogP contribution in [0.1, 0.15) is 71.4 Å². The molecule has 9 nitrogen and oxygen atoms in total. The highest BCUT2D eigenvalue weighted by Crippen LogP contribution is 2.38. The van der Waals surface area contributed by atoms with E-state index >= 15 is 0 Å². The zero-order valence-electron chi connectivity index (χ0n) is 17.8. The van der Waals surface area contributed by atoms with Crippen LogP contribution in [0.5, 0.6) is 0 Å². The lowest BCUT2D eigenvalue weighted by Gasteiger charge is -2.22. The van der Waals surface area contributed by atoms with E-state index in [0.29, 0.717) is 5.82 Å². The second kappa shape index (κ2) is 7.68. The van der Waals surface area contributed by atoms with Crippen molar-refractivity contribution >= 4 is 29.3 Å². The van der Waals surface area contributed by atoms with E-state index in [1.165, 1.54) is 6.20 Å². The van der Waals surface area contributed by atoms with Gasteiger partial charge in [-0.15, -0.1) is 5.10 Å². The standard InChI is InChI=1S/C20H28ClN7O2/c1-19(2,3)28-16(23-15-11-22-26-17(21)24-15)10-14(27-28)12-5-6-13(9-12)30-18(29)25-20(4)7-8-20/h10-13H,5-9H2,1-4H3,(H,25,29)(H,23,24,26)/t12-,13+/m0/s1. The fourth-order valence-electron chi connectivity index (χ4n) is 3.73. The molecule has 2 aromatic rings. The van der Waals surface area contributed by atoms with Crippen molar-refractivity contribution in [3.05, 3.63) is 23.2 Å². The second-order valence-electron chi connectivity index (χ2n) is 9.50. The Bertz CT molecular complexity index is 935. The Labute approximate surface area is 180 Å². The van der Waals surface area contributed by atoms with E-state index < -0.39 is 0 Å². The molecule has 30 heavy (non-hydrogen) atoms. The molecule has 0 bridgehead atoms. The van der Waals surface area contributed by atoms with Crippen LogP contribution in [-0.4, -0.2) is 42.7 Å². The van der Waals surface area contributed by atoms with Gasteiger partial charge in [0.1, 0.15) is 11.9 Å². The molecule has 2 aromatic heterocycles. The molecule has 2 N–H and O–H groups in total. The van der Waals surface area contributed by atoms with Gasteiger partial charge < -0.3 is 15.4 Å². The lowest BCUT2D eigenvalue weighted by Crippen LogP contribution is -2.36. The number of carbonyl (C=O) groups excluding carboxylic acids is 1. The summed E-state index contributed by atoms with van der Waals surface area (Å²) in [6, 6.07) is 2.03. The normalized spacial score (nSPS) is 22.6. The Hall–Kier alpha value is -2.42. The predicted molar refractivity (Wildman–Crippen MR) is 113 cm³/mol. The monoisotopic (exact) mass is 433 g/mol. The van der Waals surface area contributed by atoms with Gasteiger partial charge in [0.05, 0.1) is 17.4 Å². The summed E-state index contributed by atoms with van der Waals surface area (Å²) in [6.45, 7) is 8.30. The van der Waals surface area contributed by atoms with Crippen LogP contribution in [0, 0.1) is 0 Å². The number of ether oxygens (including phenoxy) is 1. The summed E-state index contributed by atoms with van der Waals surface area (Å²) in [5.74, 6) is 1.54. The summed E-state index contributed by atoms with van der Waals surface area (Å²) in [5, 5.41) is 18.7. The van der Waals surface area contributed by atoms with Gasteiger partial charge in [0.2, 0.25) is 5.28 Å². The Morgan fingerprint density at radius 3 is 2.77 bits per heavy atom. The molecule has 1 amide bonds. The SMILES string of the molecule is CC1(NC(=O)O[C@@H]2CC[C@H](c3cc(Nc4cnnc(Cl)n4)n(C(C)(C)C)n3)C2)CC1. The number of amides is 1. The third-order valence-corrected chi connectivity index (χ3v) is 5.79. The largest absolute Gasteiger partial charge is 0.446 e. The Kier molecular flexibility index (Phi) is 5.34.